The molecule has 3 aromatic rings. The Bertz CT molecular complexity index is 1180. The fraction of sp³-hybridized carbons (Fsp3) is 0.444. The van der Waals surface area contributed by atoms with Crippen LogP contribution in [0.2, 0.25) is 0 Å². The SMILES string of the molecule is Cc1cc(OCc2cnco2)cc2c1CN(C[C@@H](O)CNC(=O)c1ccnc(NC3CCC3)c1)CC2. The highest BCUT2D eigenvalue weighted by Crippen LogP contribution is 2.28. The number of nitrogens with one attached hydrogen (secondary N) is 2. The Balaban J connectivity index is 1.10. The summed E-state index contributed by atoms with van der Waals surface area (Å²) in [7, 11) is 0. The van der Waals surface area contributed by atoms with E-state index in [4.69, 9.17) is 9.15 Å². The summed E-state index contributed by atoms with van der Waals surface area (Å²) in [5, 5.41) is 16.8. The summed E-state index contributed by atoms with van der Waals surface area (Å²) in [5.74, 6) is 2.03. The summed E-state index contributed by atoms with van der Waals surface area (Å²) in [6.07, 6.45) is 8.43. The van der Waals surface area contributed by atoms with Gasteiger partial charge < -0.3 is 24.9 Å². The Morgan fingerprint density at radius 2 is 2.22 bits per heavy atom. The molecule has 1 aliphatic heterocycles. The van der Waals surface area contributed by atoms with Crippen LogP contribution in [0.25, 0.3) is 0 Å². The number of aromatic nitrogens is 2. The molecule has 1 aliphatic carbocycles. The minimum atomic E-state index is -0.658. The lowest BCUT2D eigenvalue weighted by Gasteiger charge is -2.31. The number of anilines is 1. The smallest absolute Gasteiger partial charge is 0.251 e. The molecular weight excluding hydrogens is 458 g/mol. The number of β-amino-alcohol motifs (C(OH)–C–C–N with tert-alkyl or cyclic N) is 1. The van der Waals surface area contributed by atoms with E-state index in [9.17, 15) is 9.90 Å². The van der Waals surface area contributed by atoms with Gasteiger partial charge in [-0.3, -0.25) is 9.69 Å². The van der Waals surface area contributed by atoms with Crippen LogP contribution in [0.4, 0.5) is 5.82 Å². The molecule has 0 saturated heterocycles. The molecule has 190 valence electrons. The van der Waals surface area contributed by atoms with E-state index in [1.54, 1.807) is 24.5 Å². The van der Waals surface area contributed by atoms with Gasteiger partial charge in [-0.25, -0.2) is 9.97 Å². The average molecular weight is 492 g/mol. The van der Waals surface area contributed by atoms with Crippen LogP contribution in [0.5, 0.6) is 5.75 Å². The molecule has 1 aromatic carbocycles. The highest BCUT2D eigenvalue weighted by Gasteiger charge is 2.22. The van der Waals surface area contributed by atoms with E-state index >= 15 is 0 Å². The van der Waals surface area contributed by atoms with Gasteiger partial charge in [-0.2, -0.15) is 0 Å². The van der Waals surface area contributed by atoms with Crippen molar-refractivity contribution >= 4 is 11.7 Å². The van der Waals surface area contributed by atoms with Gasteiger partial charge >= 0.3 is 0 Å². The van der Waals surface area contributed by atoms with Crippen molar-refractivity contribution in [2.45, 2.75) is 57.9 Å². The van der Waals surface area contributed by atoms with Crippen molar-refractivity contribution in [1.29, 1.82) is 0 Å². The molecule has 3 N–H and O–H groups in total. The van der Waals surface area contributed by atoms with E-state index in [-0.39, 0.29) is 12.5 Å². The molecule has 0 spiro atoms. The van der Waals surface area contributed by atoms with Crippen LogP contribution in [-0.2, 0) is 19.6 Å². The number of carbonyl (C=O) groups is 1. The second kappa shape index (κ2) is 11.1. The second-order valence-electron chi connectivity index (χ2n) is 9.69. The average Bonchev–Trinajstić information content (AvgIpc) is 3.38. The molecule has 0 radical (unpaired) electrons. The molecule has 2 aromatic heterocycles. The Morgan fingerprint density at radius 3 is 3.00 bits per heavy atom. The molecule has 5 rings (SSSR count). The van der Waals surface area contributed by atoms with E-state index in [0.29, 0.717) is 30.5 Å². The molecule has 3 heterocycles. The number of ether oxygens (including phenoxy) is 1. The second-order valence-corrected chi connectivity index (χ2v) is 9.69. The van der Waals surface area contributed by atoms with Crippen LogP contribution in [0, 0.1) is 6.92 Å². The van der Waals surface area contributed by atoms with E-state index in [2.05, 4.69) is 38.5 Å². The largest absolute Gasteiger partial charge is 0.486 e. The van der Waals surface area contributed by atoms with Crippen LogP contribution in [0.3, 0.4) is 0 Å². The van der Waals surface area contributed by atoms with Crippen molar-refractivity contribution in [2.75, 3.05) is 25.0 Å². The van der Waals surface area contributed by atoms with Crippen molar-refractivity contribution in [3.05, 3.63) is 71.1 Å². The lowest BCUT2D eigenvalue weighted by atomic mass is 9.93. The van der Waals surface area contributed by atoms with Crippen molar-refractivity contribution in [1.82, 2.24) is 20.2 Å². The van der Waals surface area contributed by atoms with Crippen molar-refractivity contribution in [3.8, 4) is 5.75 Å². The van der Waals surface area contributed by atoms with Gasteiger partial charge in [0.05, 0.1) is 12.3 Å². The number of aliphatic hydroxyl groups excluding tert-OH is 1. The molecule has 0 bridgehead atoms. The first kappa shape index (κ1) is 24.3. The van der Waals surface area contributed by atoms with E-state index in [1.165, 1.54) is 23.9 Å². The monoisotopic (exact) mass is 491 g/mol. The number of nitrogens with zero attached hydrogens (tertiary/aromatic N) is 3. The third-order valence-corrected chi connectivity index (χ3v) is 6.93. The number of rotatable bonds is 10. The topological polar surface area (TPSA) is 113 Å². The lowest BCUT2D eigenvalue weighted by Crippen LogP contribution is -2.42. The van der Waals surface area contributed by atoms with Gasteiger partial charge in [0, 0.05) is 44.0 Å². The van der Waals surface area contributed by atoms with Gasteiger partial charge in [-0.05, 0) is 73.6 Å². The van der Waals surface area contributed by atoms with Crippen molar-refractivity contribution in [2.24, 2.45) is 0 Å². The number of hydrogen-bond donors (Lipinski definition) is 3. The fourth-order valence-corrected chi connectivity index (χ4v) is 4.68. The summed E-state index contributed by atoms with van der Waals surface area (Å²) in [4.78, 5) is 23.1. The number of hydrogen-bond acceptors (Lipinski definition) is 8. The van der Waals surface area contributed by atoms with Gasteiger partial charge in [-0.1, -0.05) is 0 Å². The predicted octanol–water partition coefficient (Wildman–Crippen LogP) is 3.07. The Morgan fingerprint density at radius 1 is 1.33 bits per heavy atom. The van der Waals surface area contributed by atoms with Gasteiger partial charge in [0.25, 0.3) is 5.91 Å². The minimum absolute atomic E-state index is 0.198. The third-order valence-electron chi connectivity index (χ3n) is 6.93. The molecule has 1 saturated carbocycles. The minimum Gasteiger partial charge on any atom is -0.486 e. The number of carbonyl (C=O) groups excluding carboxylic acids is 1. The quantitative estimate of drug-likeness (QED) is 0.397. The molecular formula is C27H33N5O4. The first-order valence-corrected chi connectivity index (χ1v) is 12.6. The lowest BCUT2D eigenvalue weighted by molar-refractivity contribution is 0.0841. The number of oxazole rings is 1. The van der Waals surface area contributed by atoms with Crippen LogP contribution < -0.4 is 15.4 Å². The number of aliphatic hydroxyl groups is 1. The zero-order chi connectivity index (χ0) is 24.9. The van der Waals surface area contributed by atoms with E-state index in [0.717, 1.165) is 49.5 Å². The molecule has 36 heavy (non-hydrogen) atoms. The third kappa shape index (κ3) is 6.03. The van der Waals surface area contributed by atoms with Crippen LogP contribution >= 0.6 is 0 Å². The maximum atomic E-state index is 12.6. The van der Waals surface area contributed by atoms with Gasteiger partial charge in [-0.15, -0.1) is 0 Å². The Kier molecular flexibility index (Phi) is 7.48. The maximum absolute atomic E-state index is 12.6. The fourth-order valence-electron chi connectivity index (χ4n) is 4.68. The summed E-state index contributed by atoms with van der Waals surface area (Å²) in [6, 6.07) is 8.05. The highest BCUT2D eigenvalue weighted by atomic mass is 16.5. The van der Waals surface area contributed by atoms with Crippen molar-refractivity contribution < 1.29 is 19.1 Å². The number of pyridine rings is 1. The first-order chi connectivity index (χ1) is 17.5. The summed E-state index contributed by atoms with van der Waals surface area (Å²) >= 11 is 0. The van der Waals surface area contributed by atoms with Gasteiger partial charge in [0.15, 0.2) is 12.2 Å². The predicted molar refractivity (Wildman–Crippen MR) is 135 cm³/mol. The molecule has 1 amide bonds. The molecule has 1 atom stereocenters. The van der Waals surface area contributed by atoms with E-state index < -0.39 is 6.10 Å². The number of benzene rings is 1. The zero-order valence-electron chi connectivity index (χ0n) is 20.6. The maximum Gasteiger partial charge on any atom is 0.251 e. The number of amides is 1. The van der Waals surface area contributed by atoms with E-state index in [1.807, 2.05) is 6.07 Å². The number of aryl methyl sites for hydroxylation is 1. The van der Waals surface area contributed by atoms with Gasteiger partial charge in [0.1, 0.15) is 18.2 Å². The van der Waals surface area contributed by atoms with Crippen molar-refractivity contribution in [3.63, 3.8) is 0 Å². The Labute approximate surface area is 210 Å². The Hall–Kier alpha value is -3.43. The summed E-state index contributed by atoms with van der Waals surface area (Å²) in [6.45, 7) is 4.72. The highest BCUT2D eigenvalue weighted by molar-refractivity contribution is 5.94. The van der Waals surface area contributed by atoms with Crippen LogP contribution in [0.15, 0.2) is 47.5 Å². The zero-order valence-corrected chi connectivity index (χ0v) is 20.6. The summed E-state index contributed by atoms with van der Waals surface area (Å²) in [5.41, 5.74) is 4.25. The van der Waals surface area contributed by atoms with Crippen LogP contribution in [-0.4, -0.2) is 57.7 Å². The van der Waals surface area contributed by atoms with Crippen LogP contribution in [0.1, 0.15) is 52.1 Å². The molecule has 0 unspecified atom stereocenters. The molecule has 1 fully saturated rings. The molecule has 9 nitrogen and oxygen atoms in total. The first-order valence-electron chi connectivity index (χ1n) is 12.6. The molecule has 2 aliphatic rings. The molecule has 9 heteroatoms. The normalized spacial score (nSPS) is 16.6. The van der Waals surface area contributed by atoms with Gasteiger partial charge in [0.2, 0.25) is 0 Å². The summed E-state index contributed by atoms with van der Waals surface area (Å²) < 4.78 is 11.1. The number of fused-ring (bicyclic) bond motifs is 1. The standard InChI is InChI=1S/C27H33N5O4/c1-18-9-23(35-16-24-13-28-17-36-24)10-19-6-8-32(15-25(18)19)14-22(33)12-30-27(34)20-5-7-29-26(11-20)31-21-3-2-4-21/h5,7,9-11,13,17,21-22,33H,2-4,6,8,12,14-16H2,1H3,(H,29,31)(H,30,34)/t22-/m0/s1.